The monoisotopic (exact) mass is 241 g/mol. The molecule has 0 aromatic heterocycles. The molecule has 1 aromatic carbocycles. The van der Waals surface area contributed by atoms with Crippen LogP contribution in [0.4, 0.5) is 0 Å². The van der Waals surface area contributed by atoms with Crippen LogP contribution in [-0.4, -0.2) is 6.54 Å². The van der Waals surface area contributed by atoms with Crippen molar-refractivity contribution in [1.82, 2.24) is 5.32 Å². The zero-order valence-electron chi connectivity index (χ0n) is 11.1. The quantitative estimate of drug-likeness (QED) is 0.735. The number of hydrogen-bond acceptors (Lipinski definition) is 1. The van der Waals surface area contributed by atoms with Crippen LogP contribution in [0.3, 0.4) is 0 Å². The van der Waals surface area contributed by atoms with Crippen molar-refractivity contribution in [2.75, 3.05) is 6.54 Å². The molecule has 18 heavy (non-hydrogen) atoms. The fraction of sp³-hybridized carbons (Fsp3) is 0.529. The molecule has 1 nitrogen and oxygen atoms in total. The third-order valence-electron chi connectivity index (χ3n) is 4.20. The number of rotatable bonds is 6. The molecule has 2 aliphatic rings. The molecule has 1 saturated carbocycles. The van der Waals surface area contributed by atoms with E-state index in [-0.39, 0.29) is 0 Å². The van der Waals surface area contributed by atoms with E-state index in [4.69, 9.17) is 0 Å². The molecule has 0 spiro atoms. The van der Waals surface area contributed by atoms with Crippen molar-refractivity contribution in [1.29, 1.82) is 0 Å². The van der Waals surface area contributed by atoms with E-state index in [2.05, 4.69) is 41.7 Å². The van der Waals surface area contributed by atoms with Gasteiger partial charge in [-0.15, -0.1) is 0 Å². The standard InChI is InChI=1S/C17H23N/c1-2-8-15(9-3-1)17(16-10-11-16)18-13-12-14-6-4-5-7-14/h1-3,6,8-9,16-18H,4-5,7,10-13H2. The van der Waals surface area contributed by atoms with Gasteiger partial charge in [-0.1, -0.05) is 42.0 Å². The maximum Gasteiger partial charge on any atom is 0.0348 e. The lowest BCUT2D eigenvalue weighted by Gasteiger charge is -2.19. The molecule has 96 valence electrons. The molecular formula is C17H23N. The lowest BCUT2D eigenvalue weighted by Crippen LogP contribution is -2.24. The molecule has 3 rings (SSSR count). The van der Waals surface area contributed by atoms with Gasteiger partial charge in [-0.05, 0) is 56.6 Å². The largest absolute Gasteiger partial charge is 0.309 e. The first kappa shape index (κ1) is 12.0. The lowest BCUT2D eigenvalue weighted by molar-refractivity contribution is 0.483. The SMILES string of the molecule is C1=C(CCNC(c2ccccc2)C2CC2)CCC1. The van der Waals surface area contributed by atoms with Crippen molar-refractivity contribution in [3.8, 4) is 0 Å². The van der Waals surface area contributed by atoms with E-state index >= 15 is 0 Å². The van der Waals surface area contributed by atoms with Crippen LogP contribution in [0.15, 0.2) is 42.0 Å². The summed E-state index contributed by atoms with van der Waals surface area (Å²) in [4.78, 5) is 0. The highest BCUT2D eigenvalue weighted by molar-refractivity contribution is 5.21. The molecule has 0 aliphatic heterocycles. The van der Waals surface area contributed by atoms with Crippen LogP contribution < -0.4 is 5.32 Å². The summed E-state index contributed by atoms with van der Waals surface area (Å²) in [5.74, 6) is 0.880. The second kappa shape index (κ2) is 5.71. The molecule has 1 fully saturated rings. The first-order chi connectivity index (χ1) is 8.93. The summed E-state index contributed by atoms with van der Waals surface area (Å²) in [5.41, 5.74) is 3.14. The van der Waals surface area contributed by atoms with Crippen LogP contribution in [0.5, 0.6) is 0 Å². The second-order valence-corrected chi connectivity index (χ2v) is 5.68. The Balaban J connectivity index is 1.54. The van der Waals surface area contributed by atoms with Crippen LogP contribution in [0.1, 0.15) is 50.1 Å². The van der Waals surface area contributed by atoms with Gasteiger partial charge in [0, 0.05) is 6.04 Å². The molecule has 0 amide bonds. The number of allylic oxidation sites excluding steroid dienone is 1. The highest BCUT2D eigenvalue weighted by Gasteiger charge is 2.31. The van der Waals surface area contributed by atoms with Crippen molar-refractivity contribution in [2.45, 2.75) is 44.6 Å². The molecule has 0 radical (unpaired) electrons. The average Bonchev–Trinajstić information content (AvgIpc) is 3.12. The number of hydrogen-bond donors (Lipinski definition) is 1. The lowest BCUT2D eigenvalue weighted by atomic mass is 10.0. The first-order valence-corrected chi connectivity index (χ1v) is 7.40. The van der Waals surface area contributed by atoms with E-state index in [1.165, 1.54) is 44.1 Å². The Kier molecular flexibility index (Phi) is 3.80. The van der Waals surface area contributed by atoms with Gasteiger partial charge in [0.2, 0.25) is 0 Å². The van der Waals surface area contributed by atoms with Crippen molar-refractivity contribution >= 4 is 0 Å². The van der Waals surface area contributed by atoms with Crippen LogP contribution in [0, 0.1) is 5.92 Å². The first-order valence-electron chi connectivity index (χ1n) is 7.40. The molecule has 1 heteroatoms. The molecule has 0 bridgehead atoms. The van der Waals surface area contributed by atoms with Crippen LogP contribution in [0.2, 0.25) is 0 Å². The molecule has 1 unspecified atom stereocenters. The van der Waals surface area contributed by atoms with Gasteiger partial charge in [-0.2, -0.15) is 0 Å². The minimum atomic E-state index is 0.591. The Morgan fingerprint density at radius 2 is 2.00 bits per heavy atom. The predicted octanol–water partition coefficient (Wildman–Crippen LogP) is 4.23. The summed E-state index contributed by atoms with van der Waals surface area (Å²) in [6.07, 6.45) is 10.5. The fourth-order valence-electron chi connectivity index (χ4n) is 3.00. The van der Waals surface area contributed by atoms with E-state index in [1.54, 1.807) is 5.57 Å². The Hall–Kier alpha value is -1.08. The summed E-state index contributed by atoms with van der Waals surface area (Å²) in [7, 11) is 0. The Morgan fingerprint density at radius 1 is 1.17 bits per heavy atom. The van der Waals surface area contributed by atoms with Gasteiger partial charge in [-0.25, -0.2) is 0 Å². The summed E-state index contributed by atoms with van der Waals surface area (Å²) < 4.78 is 0. The minimum absolute atomic E-state index is 0.591. The minimum Gasteiger partial charge on any atom is -0.309 e. The smallest absolute Gasteiger partial charge is 0.0348 e. The average molecular weight is 241 g/mol. The Labute approximate surface area is 110 Å². The molecule has 2 aliphatic carbocycles. The van der Waals surface area contributed by atoms with Crippen molar-refractivity contribution in [3.05, 3.63) is 47.5 Å². The van der Waals surface area contributed by atoms with Gasteiger partial charge in [0.25, 0.3) is 0 Å². The third kappa shape index (κ3) is 3.02. The highest BCUT2D eigenvalue weighted by atomic mass is 14.9. The molecular weight excluding hydrogens is 218 g/mol. The normalized spacial score (nSPS) is 20.8. The van der Waals surface area contributed by atoms with E-state index in [9.17, 15) is 0 Å². The summed E-state index contributed by atoms with van der Waals surface area (Å²) in [5, 5.41) is 3.78. The zero-order valence-corrected chi connectivity index (χ0v) is 11.1. The summed E-state index contributed by atoms with van der Waals surface area (Å²) in [6, 6.07) is 11.6. The van der Waals surface area contributed by atoms with Crippen molar-refractivity contribution < 1.29 is 0 Å². The molecule has 0 heterocycles. The number of nitrogens with one attached hydrogen (secondary N) is 1. The van der Waals surface area contributed by atoms with Gasteiger partial charge < -0.3 is 5.32 Å². The van der Waals surface area contributed by atoms with Gasteiger partial charge in [0.1, 0.15) is 0 Å². The van der Waals surface area contributed by atoms with E-state index < -0.39 is 0 Å². The van der Waals surface area contributed by atoms with Gasteiger partial charge >= 0.3 is 0 Å². The van der Waals surface area contributed by atoms with E-state index in [1.807, 2.05) is 0 Å². The molecule has 1 atom stereocenters. The van der Waals surface area contributed by atoms with Crippen LogP contribution in [-0.2, 0) is 0 Å². The molecule has 1 aromatic rings. The zero-order chi connectivity index (χ0) is 12.2. The van der Waals surface area contributed by atoms with Crippen molar-refractivity contribution in [2.24, 2.45) is 5.92 Å². The Bertz CT molecular complexity index is 403. The third-order valence-corrected chi connectivity index (χ3v) is 4.20. The van der Waals surface area contributed by atoms with Crippen molar-refractivity contribution in [3.63, 3.8) is 0 Å². The summed E-state index contributed by atoms with van der Waals surface area (Å²) >= 11 is 0. The molecule has 0 saturated heterocycles. The fourth-order valence-corrected chi connectivity index (χ4v) is 3.00. The maximum atomic E-state index is 3.78. The second-order valence-electron chi connectivity index (χ2n) is 5.68. The van der Waals surface area contributed by atoms with E-state index in [0.717, 1.165) is 12.5 Å². The summed E-state index contributed by atoms with van der Waals surface area (Å²) in [6.45, 7) is 1.14. The topological polar surface area (TPSA) is 12.0 Å². The number of benzene rings is 1. The van der Waals surface area contributed by atoms with E-state index in [0.29, 0.717) is 6.04 Å². The van der Waals surface area contributed by atoms with Gasteiger partial charge in [0.05, 0.1) is 0 Å². The Morgan fingerprint density at radius 3 is 2.67 bits per heavy atom. The molecule has 1 N–H and O–H groups in total. The maximum absolute atomic E-state index is 3.78. The van der Waals surface area contributed by atoms with Gasteiger partial charge in [0.15, 0.2) is 0 Å². The van der Waals surface area contributed by atoms with Crippen LogP contribution >= 0.6 is 0 Å². The van der Waals surface area contributed by atoms with Gasteiger partial charge in [-0.3, -0.25) is 0 Å². The van der Waals surface area contributed by atoms with Crippen LogP contribution in [0.25, 0.3) is 0 Å². The highest BCUT2D eigenvalue weighted by Crippen LogP contribution is 2.40. The predicted molar refractivity (Wildman–Crippen MR) is 76.5 cm³/mol.